The van der Waals surface area contributed by atoms with Crippen LogP contribution in [0.1, 0.15) is 35.4 Å². The van der Waals surface area contributed by atoms with Crippen LogP contribution in [-0.4, -0.2) is 28.0 Å². The number of hydrogen-bond acceptors (Lipinski definition) is 5. The van der Waals surface area contributed by atoms with Gasteiger partial charge in [0.05, 0.1) is 5.69 Å². The first-order chi connectivity index (χ1) is 10.2. The van der Waals surface area contributed by atoms with Crippen molar-refractivity contribution >= 4 is 12.1 Å². The van der Waals surface area contributed by atoms with Gasteiger partial charge in [0.1, 0.15) is 17.3 Å². The number of nitrogens with one attached hydrogen (secondary N) is 1. The lowest BCUT2D eigenvalue weighted by Crippen LogP contribution is -2.42. The number of rotatable bonds is 5. The summed E-state index contributed by atoms with van der Waals surface area (Å²) in [4.78, 5) is 14.8. The number of nitrogens with zero attached hydrogens (tertiary/aromatic N) is 3. The van der Waals surface area contributed by atoms with Gasteiger partial charge in [-0.15, -0.1) is 10.2 Å². The number of pyridine rings is 1. The molecule has 0 aliphatic heterocycles. The van der Waals surface area contributed by atoms with E-state index < -0.39 is 0 Å². The normalized spacial score (nSPS) is 16.0. The molecule has 108 valence electrons. The molecule has 0 atom stereocenters. The van der Waals surface area contributed by atoms with Gasteiger partial charge in [-0.2, -0.15) is 0 Å². The van der Waals surface area contributed by atoms with Crippen LogP contribution in [0.3, 0.4) is 0 Å². The summed E-state index contributed by atoms with van der Waals surface area (Å²) in [5.41, 5.74) is 0.520. The van der Waals surface area contributed by atoms with Gasteiger partial charge in [-0.3, -0.25) is 9.78 Å². The van der Waals surface area contributed by atoms with E-state index in [1.54, 1.807) is 24.4 Å². The van der Waals surface area contributed by atoms with Crippen LogP contribution in [0.4, 0.5) is 10.2 Å². The minimum Gasteiger partial charge on any atom is -0.368 e. The summed E-state index contributed by atoms with van der Waals surface area (Å²) in [6, 6.07) is 6.33. The summed E-state index contributed by atoms with van der Waals surface area (Å²) >= 11 is 0. The first-order valence-corrected chi connectivity index (χ1v) is 6.87. The van der Waals surface area contributed by atoms with E-state index in [9.17, 15) is 9.18 Å². The summed E-state index contributed by atoms with van der Waals surface area (Å²) in [5.74, 6) is 0.310. The average molecular weight is 286 g/mol. The Kier molecular flexibility index (Phi) is 3.60. The Morgan fingerprint density at radius 1 is 1.29 bits per heavy atom. The quantitative estimate of drug-likeness (QED) is 0.855. The van der Waals surface area contributed by atoms with Crippen molar-refractivity contribution in [2.24, 2.45) is 0 Å². The molecule has 0 bridgehead atoms. The van der Waals surface area contributed by atoms with E-state index in [1.807, 2.05) is 0 Å². The first kappa shape index (κ1) is 13.6. The van der Waals surface area contributed by atoms with Gasteiger partial charge in [0, 0.05) is 18.2 Å². The molecule has 5 nitrogen and oxygen atoms in total. The van der Waals surface area contributed by atoms with E-state index in [0.29, 0.717) is 24.3 Å². The molecule has 2 aromatic rings. The van der Waals surface area contributed by atoms with Gasteiger partial charge in [-0.25, -0.2) is 4.39 Å². The minimum atomic E-state index is -0.281. The zero-order valence-electron chi connectivity index (χ0n) is 11.4. The van der Waals surface area contributed by atoms with Gasteiger partial charge in [0.25, 0.3) is 0 Å². The highest BCUT2D eigenvalue weighted by molar-refractivity contribution is 5.71. The Labute approximate surface area is 121 Å². The number of carbonyl (C=O) groups excluding carboxylic acids is 1. The van der Waals surface area contributed by atoms with Crippen molar-refractivity contribution in [1.82, 2.24) is 15.2 Å². The molecule has 1 saturated carbocycles. The second-order valence-electron chi connectivity index (χ2n) is 5.28. The van der Waals surface area contributed by atoms with E-state index >= 15 is 0 Å². The Morgan fingerprint density at radius 2 is 2.14 bits per heavy atom. The summed E-state index contributed by atoms with van der Waals surface area (Å²) in [5, 5.41) is 10.9. The molecule has 1 aliphatic rings. The largest absolute Gasteiger partial charge is 0.368 e. The van der Waals surface area contributed by atoms with Crippen molar-refractivity contribution in [1.29, 1.82) is 0 Å². The smallest absolute Gasteiger partial charge is 0.170 e. The predicted octanol–water partition coefficient (Wildman–Crippen LogP) is 2.36. The van der Waals surface area contributed by atoms with Crippen molar-refractivity contribution in [2.75, 3.05) is 11.9 Å². The molecule has 21 heavy (non-hydrogen) atoms. The SMILES string of the molecule is O=Cc1ccc(NCC2(c3ncccc3F)CCC2)nn1. The minimum absolute atomic E-state index is 0.263. The maximum Gasteiger partial charge on any atom is 0.170 e. The topological polar surface area (TPSA) is 67.8 Å². The molecule has 1 aliphatic carbocycles. The molecule has 0 unspecified atom stereocenters. The third-order valence-corrected chi connectivity index (χ3v) is 3.99. The molecule has 1 fully saturated rings. The van der Waals surface area contributed by atoms with Crippen LogP contribution in [0, 0.1) is 5.82 Å². The molecular formula is C15H15FN4O. The van der Waals surface area contributed by atoms with Crippen LogP contribution >= 0.6 is 0 Å². The highest BCUT2D eigenvalue weighted by Crippen LogP contribution is 2.43. The summed E-state index contributed by atoms with van der Waals surface area (Å²) in [7, 11) is 0. The van der Waals surface area contributed by atoms with Crippen LogP contribution in [0.25, 0.3) is 0 Å². The molecule has 3 rings (SSSR count). The highest BCUT2D eigenvalue weighted by Gasteiger charge is 2.41. The molecule has 0 saturated heterocycles. The van der Waals surface area contributed by atoms with Crippen LogP contribution in [0.15, 0.2) is 30.5 Å². The fraction of sp³-hybridized carbons (Fsp3) is 0.333. The number of anilines is 1. The first-order valence-electron chi connectivity index (χ1n) is 6.87. The van der Waals surface area contributed by atoms with Crippen molar-refractivity contribution in [2.45, 2.75) is 24.7 Å². The molecule has 0 aromatic carbocycles. The van der Waals surface area contributed by atoms with Crippen molar-refractivity contribution in [3.8, 4) is 0 Å². The number of hydrogen-bond donors (Lipinski definition) is 1. The van der Waals surface area contributed by atoms with E-state index in [2.05, 4.69) is 20.5 Å². The van der Waals surface area contributed by atoms with Gasteiger partial charge >= 0.3 is 0 Å². The summed E-state index contributed by atoms with van der Waals surface area (Å²) in [6.45, 7) is 0.552. The maximum absolute atomic E-state index is 14.0. The fourth-order valence-corrected chi connectivity index (χ4v) is 2.64. The third kappa shape index (κ3) is 2.61. The van der Waals surface area contributed by atoms with E-state index in [-0.39, 0.29) is 16.9 Å². The molecule has 0 radical (unpaired) electrons. The monoisotopic (exact) mass is 286 g/mol. The lowest BCUT2D eigenvalue weighted by molar-refractivity contribution is 0.111. The zero-order valence-corrected chi connectivity index (χ0v) is 11.4. The molecule has 2 heterocycles. The standard InChI is InChI=1S/C15H15FN4O/c16-12-3-1-8-17-14(12)15(6-2-7-15)10-18-13-5-4-11(9-21)19-20-13/h1,3-5,8-9H,2,6-7,10H2,(H,18,20). The van der Waals surface area contributed by atoms with Gasteiger partial charge in [-0.05, 0) is 37.1 Å². The van der Waals surface area contributed by atoms with Gasteiger partial charge < -0.3 is 5.32 Å². The van der Waals surface area contributed by atoms with E-state index in [4.69, 9.17) is 0 Å². The molecule has 0 amide bonds. The Bertz CT molecular complexity index is 640. The Hall–Kier alpha value is -2.37. The Balaban J connectivity index is 1.75. The molecule has 1 N–H and O–H groups in total. The van der Waals surface area contributed by atoms with Gasteiger partial charge in [0.2, 0.25) is 0 Å². The lowest BCUT2D eigenvalue weighted by Gasteiger charge is -2.41. The average Bonchev–Trinajstić information content (AvgIpc) is 2.48. The molecule has 0 spiro atoms. The molecule has 6 heteroatoms. The van der Waals surface area contributed by atoms with Crippen molar-refractivity contribution in [3.05, 3.63) is 47.7 Å². The second kappa shape index (κ2) is 5.55. The summed E-state index contributed by atoms with van der Waals surface area (Å²) in [6.07, 6.45) is 5.12. The van der Waals surface area contributed by atoms with Crippen molar-refractivity contribution in [3.63, 3.8) is 0 Å². The fourth-order valence-electron chi connectivity index (χ4n) is 2.64. The third-order valence-electron chi connectivity index (χ3n) is 3.99. The second-order valence-corrected chi connectivity index (χ2v) is 5.28. The summed E-state index contributed by atoms with van der Waals surface area (Å²) < 4.78 is 14.0. The predicted molar refractivity (Wildman–Crippen MR) is 75.6 cm³/mol. The van der Waals surface area contributed by atoms with Crippen LogP contribution < -0.4 is 5.32 Å². The lowest BCUT2D eigenvalue weighted by atomic mass is 9.66. The van der Waals surface area contributed by atoms with Gasteiger partial charge in [-0.1, -0.05) is 6.42 Å². The number of aromatic nitrogens is 3. The van der Waals surface area contributed by atoms with Crippen LogP contribution in [0.2, 0.25) is 0 Å². The van der Waals surface area contributed by atoms with Crippen molar-refractivity contribution < 1.29 is 9.18 Å². The maximum atomic E-state index is 14.0. The number of carbonyl (C=O) groups is 1. The zero-order chi connectivity index (χ0) is 14.7. The van der Waals surface area contributed by atoms with Crippen LogP contribution in [0.5, 0.6) is 0 Å². The Morgan fingerprint density at radius 3 is 2.71 bits per heavy atom. The van der Waals surface area contributed by atoms with Crippen LogP contribution in [-0.2, 0) is 5.41 Å². The van der Waals surface area contributed by atoms with Gasteiger partial charge in [0.15, 0.2) is 6.29 Å². The molecule has 2 aromatic heterocycles. The highest BCUT2D eigenvalue weighted by atomic mass is 19.1. The van der Waals surface area contributed by atoms with E-state index in [0.717, 1.165) is 19.3 Å². The molecular weight excluding hydrogens is 271 g/mol. The number of halogens is 1. The number of aldehydes is 1. The van der Waals surface area contributed by atoms with E-state index in [1.165, 1.54) is 6.07 Å².